The number of nitrogens with one attached hydrogen (secondary N) is 1. The highest BCUT2D eigenvalue weighted by Gasteiger charge is 2.39. The van der Waals surface area contributed by atoms with Gasteiger partial charge in [0, 0.05) is 0 Å². The summed E-state index contributed by atoms with van der Waals surface area (Å²) in [5.74, 6) is -1.26. The lowest BCUT2D eigenvalue weighted by Gasteiger charge is -2.20. The summed E-state index contributed by atoms with van der Waals surface area (Å²) in [4.78, 5) is 28.5. The van der Waals surface area contributed by atoms with Gasteiger partial charge in [0.05, 0.1) is 16.9 Å². The summed E-state index contributed by atoms with van der Waals surface area (Å²) in [6, 6.07) is 14.9. The molecule has 2 aliphatic heterocycles. The summed E-state index contributed by atoms with van der Waals surface area (Å²) in [5, 5.41) is 13.3. The lowest BCUT2D eigenvalue weighted by atomic mass is 10.1. The topological polar surface area (TPSA) is 129 Å². The molecule has 0 fully saturated rings. The molecule has 4 rings (SSSR count). The fourth-order valence-electron chi connectivity index (χ4n) is 2.76. The molecule has 1 amide bonds. The summed E-state index contributed by atoms with van der Waals surface area (Å²) in [7, 11) is -3.59. The average Bonchev–Trinajstić information content (AvgIpc) is 3.23. The maximum Gasteiger partial charge on any atom is 0.343 e. The normalized spacial score (nSPS) is 17.2. The predicted octanol–water partition coefficient (Wildman–Crippen LogP) is 2.92. The van der Waals surface area contributed by atoms with Crippen molar-refractivity contribution >= 4 is 54.9 Å². The van der Waals surface area contributed by atoms with Gasteiger partial charge >= 0.3 is 5.97 Å². The minimum atomic E-state index is -3.59. The summed E-state index contributed by atoms with van der Waals surface area (Å²) >= 11 is 0.748. The SMILES string of the molecule is CCS(=O)(=O)C1=NN2C(=N)/C(=C\c3ccc(OC(=O)c4ccccc4)cc3)C(=O)N=C2S1. The molecule has 32 heavy (non-hydrogen) atoms. The third-order valence-corrected chi connectivity index (χ3v) is 7.58. The number of sulfone groups is 1. The maximum atomic E-state index is 12.4. The molecule has 2 aliphatic rings. The van der Waals surface area contributed by atoms with Gasteiger partial charge in [-0.05, 0) is 47.7 Å². The molecule has 9 nitrogen and oxygen atoms in total. The number of hydrazone groups is 1. The van der Waals surface area contributed by atoms with Gasteiger partial charge in [0.1, 0.15) is 5.75 Å². The van der Waals surface area contributed by atoms with E-state index < -0.39 is 21.7 Å². The van der Waals surface area contributed by atoms with Crippen LogP contribution >= 0.6 is 11.8 Å². The molecule has 0 unspecified atom stereocenters. The van der Waals surface area contributed by atoms with Crippen molar-refractivity contribution in [2.75, 3.05) is 5.75 Å². The summed E-state index contributed by atoms with van der Waals surface area (Å²) < 4.78 is 29.3. The van der Waals surface area contributed by atoms with Crippen LogP contribution in [0.25, 0.3) is 6.08 Å². The third-order valence-electron chi connectivity index (χ3n) is 4.49. The van der Waals surface area contributed by atoms with Crippen LogP contribution in [0.15, 0.2) is 70.3 Å². The van der Waals surface area contributed by atoms with E-state index in [0.717, 1.165) is 16.8 Å². The molecule has 0 spiro atoms. The Morgan fingerprint density at radius 1 is 1.16 bits per heavy atom. The van der Waals surface area contributed by atoms with Gasteiger partial charge in [-0.15, -0.1) is 5.10 Å². The van der Waals surface area contributed by atoms with Crippen LogP contribution in [-0.2, 0) is 14.6 Å². The number of thioether (sulfide) groups is 1. The zero-order chi connectivity index (χ0) is 22.9. The Labute approximate surface area is 187 Å². The van der Waals surface area contributed by atoms with E-state index in [-0.39, 0.29) is 26.7 Å². The Morgan fingerprint density at radius 2 is 1.84 bits per heavy atom. The lowest BCUT2D eigenvalue weighted by Crippen LogP contribution is -2.35. The highest BCUT2D eigenvalue weighted by molar-refractivity contribution is 8.42. The molecule has 0 radical (unpaired) electrons. The number of benzene rings is 2. The van der Waals surface area contributed by atoms with Crippen LogP contribution in [0, 0.1) is 5.41 Å². The van der Waals surface area contributed by atoms with E-state index in [0.29, 0.717) is 16.9 Å². The van der Waals surface area contributed by atoms with Crippen molar-refractivity contribution in [1.82, 2.24) is 5.01 Å². The molecule has 0 aromatic heterocycles. The first-order valence-corrected chi connectivity index (χ1v) is 11.9. The first-order valence-electron chi connectivity index (χ1n) is 9.39. The largest absolute Gasteiger partial charge is 0.423 e. The molecular formula is C21H16N4O5S2. The second kappa shape index (κ2) is 8.52. The Hall–Kier alpha value is -3.57. The first-order chi connectivity index (χ1) is 15.3. The molecule has 0 saturated carbocycles. The average molecular weight is 469 g/mol. The van der Waals surface area contributed by atoms with Gasteiger partial charge in [-0.2, -0.15) is 10.0 Å². The van der Waals surface area contributed by atoms with Crippen molar-refractivity contribution < 1.29 is 22.7 Å². The van der Waals surface area contributed by atoms with Gasteiger partial charge in [0.25, 0.3) is 5.91 Å². The van der Waals surface area contributed by atoms with E-state index in [1.54, 1.807) is 54.6 Å². The monoisotopic (exact) mass is 468 g/mol. The predicted molar refractivity (Wildman–Crippen MR) is 122 cm³/mol. The van der Waals surface area contributed by atoms with E-state index in [9.17, 15) is 18.0 Å². The number of amidine groups is 2. The van der Waals surface area contributed by atoms with Gasteiger partial charge < -0.3 is 4.74 Å². The van der Waals surface area contributed by atoms with Gasteiger partial charge in [-0.3, -0.25) is 10.2 Å². The molecule has 2 heterocycles. The highest BCUT2D eigenvalue weighted by atomic mass is 32.3. The number of esters is 1. The number of hydrogen-bond donors (Lipinski definition) is 1. The Morgan fingerprint density at radius 3 is 2.50 bits per heavy atom. The number of carbonyl (C=O) groups excluding carboxylic acids is 2. The van der Waals surface area contributed by atoms with Crippen molar-refractivity contribution in [2.24, 2.45) is 10.1 Å². The zero-order valence-corrected chi connectivity index (χ0v) is 18.3. The van der Waals surface area contributed by atoms with Gasteiger partial charge in [-0.25, -0.2) is 13.2 Å². The van der Waals surface area contributed by atoms with Crippen LogP contribution in [0.2, 0.25) is 0 Å². The van der Waals surface area contributed by atoms with Crippen molar-refractivity contribution in [3.05, 3.63) is 71.3 Å². The number of hydrogen-bond acceptors (Lipinski definition) is 8. The van der Waals surface area contributed by atoms with E-state index >= 15 is 0 Å². The molecule has 0 aliphatic carbocycles. The van der Waals surface area contributed by atoms with Crippen molar-refractivity contribution in [3.8, 4) is 5.75 Å². The van der Waals surface area contributed by atoms with Gasteiger partial charge in [0.2, 0.25) is 19.4 Å². The Kier molecular flexibility index (Phi) is 5.76. The smallest absolute Gasteiger partial charge is 0.343 e. The lowest BCUT2D eigenvalue weighted by molar-refractivity contribution is -0.114. The molecule has 0 bridgehead atoms. The molecular weight excluding hydrogens is 452 g/mol. The quantitative estimate of drug-likeness (QED) is 0.415. The van der Waals surface area contributed by atoms with Crippen LogP contribution in [0.5, 0.6) is 5.75 Å². The molecule has 2 aromatic carbocycles. The summed E-state index contributed by atoms with van der Waals surface area (Å²) in [5.41, 5.74) is 0.942. The highest BCUT2D eigenvalue weighted by Crippen LogP contribution is 2.30. The van der Waals surface area contributed by atoms with Crippen molar-refractivity contribution in [2.45, 2.75) is 6.92 Å². The minimum Gasteiger partial charge on any atom is -0.423 e. The second-order valence-corrected chi connectivity index (χ2v) is 10.0. The standard InChI is InChI=1S/C21H16N4O5S2/c1-2-32(28,29)21-24-25-17(22)16(18(26)23-20(25)31-21)12-13-8-10-15(11-9-13)30-19(27)14-6-4-3-5-7-14/h3-12,22H,2H2,1H3/b16-12+,22-17?. The summed E-state index contributed by atoms with van der Waals surface area (Å²) in [6.45, 7) is 1.49. The Bertz CT molecular complexity index is 1310. The third kappa shape index (κ3) is 4.25. The number of nitrogens with zero attached hydrogens (tertiary/aromatic N) is 3. The van der Waals surface area contributed by atoms with Crippen LogP contribution in [0.4, 0.5) is 0 Å². The number of carbonyl (C=O) groups is 2. The number of rotatable bonds is 4. The number of amides is 1. The van der Waals surface area contributed by atoms with Crippen LogP contribution < -0.4 is 4.74 Å². The summed E-state index contributed by atoms with van der Waals surface area (Å²) in [6.07, 6.45) is 1.44. The first kappa shape index (κ1) is 21.7. The van der Waals surface area contributed by atoms with Gasteiger partial charge in [-0.1, -0.05) is 37.3 Å². The fourth-order valence-corrected chi connectivity index (χ4v) is 4.93. The van der Waals surface area contributed by atoms with Crippen LogP contribution in [0.1, 0.15) is 22.8 Å². The molecule has 11 heteroatoms. The van der Waals surface area contributed by atoms with Gasteiger partial charge in [0.15, 0.2) is 5.84 Å². The second-order valence-electron chi connectivity index (χ2n) is 6.61. The Balaban J connectivity index is 1.54. The van der Waals surface area contributed by atoms with Crippen LogP contribution in [-0.4, -0.2) is 46.4 Å². The van der Waals surface area contributed by atoms with Crippen LogP contribution in [0.3, 0.4) is 0 Å². The van der Waals surface area contributed by atoms with E-state index in [1.807, 2.05) is 0 Å². The molecule has 0 atom stereocenters. The fraction of sp³-hybridized carbons (Fsp3) is 0.0952. The van der Waals surface area contributed by atoms with E-state index in [4.69, 9.17) is 10.1 Å². The molecule has 162 valence electrons. The van der Waals surface area contributed by atoms with E-state index in [2.05, 4.69) is 10.1 Å². The van der Waals surface area contributed by atoms with E-state index in [1.165, 1.54) is 13.0 Å². The molecule has 1 N–H and O–H groups in total. The number of fused-ring (bicyclic) bond motifs is 1. The number of ether oxygens (including phenoxy) is 1. The van der Waals surface area contributed by atoms with Crippen molar-refractivity contribution in [3.63, 3.8) is 0 Å². The molecule has 2 aromatic rings. The molecule has 0 saturated heterocycles. The number of aliphatic imine (C=N–C) groups is 1. The van der Waals surface area contributed by atoms with Crippen molar-refractivity contribution in [1.29, 1.82) is 5.41 Å². The zero-order valence-electron chi connectivity index (χ0n) is 16.7. The maximum absolute atomic E-state index is 12.4. The minimum absolute atomic E-state index is 0.0346.